The van der Waals surface area contributed by atoms with Gasteiger partial charge in [-0.05, 0) is 360 Å². The molecule has 0 N–H and O–H groups in total. The molecule has 0 amide bonds. The summed E-state index contributed by atoms with van der Waals surface area (Å²) in [6.07, 6.45) is 16.6. The van der Waals surface area contributed by atoms with Crippen molar-refractivity contribution < 1.29 is 53.7 Å². The van der Waals surface area contributed by atoms with Crippen molar-refractivity contribution >= 4 is 64.8 Å². The van der Waals surface area contributed by atoms with Crippen LogP contribution in [0.3, 0.4) is 0 Å². The molecule has 6 aromatic heterocycles. The van der Waals surface area contributed by atoms with Gasteiger partial charge in [0.15, 0.2) is 36.5 Å². The molecule has 0 atom stereocenters. The number of pyridine rings is 5. The number of alkyl halides is 6. The zero-order valence-corrected chi connectivity index (χ0v) is 94.9. The fraction of sp³-hybridized carbons (Fsp3) is 0.350. The van der Waals surface area contributed by atoms with Crippen LogP contribution in [0.5, 0.6) is 0 Å². The molecule has 1 fully saturated rings. The summed E-state index contributed by atoms with van der Waals surface area (Å²) in [5.74, 6) is 1.56. The molecular weight excluding hydrogens is 1860 g/mol. The lowest BCUT2D eigenvalue weighted by Gasteiger charge is -2.27. The average molecular weight is 2020 g/mol. The summed E-state index contributed by atoms with van der Waals surface area (Å²) < 4.78 is 92.8. The Labute approximate surface area is 889 Å². The second-order valence-electron chi connectivity index (χ2n) is 45.2. The molecule has 12 aromatic carbocycles. The smallest absolute Gasteiger partial charge is 0.232 e. The van der Waals surface area contributed by atoms with Crippen molar-refractivity contribution in [1.82, 2.24) is 4.98 Å². The van der Waals surface area contributed by atoms with Crippen LogP contribution in [0.1, 0.15) is 216 Å². The molecule has 0 radical (unpaired) electrons. The SMILES string of the molecule is CCCc1ccc2c(-c3cc(C)cc(C)c3C)[n+](C)ccc2c1.CCCc1ccc2c(-c3cc(C)cc(C)c3C)[n+](C)ccc2c1.Cc1cc(C)c(C)c(-c2c3ccc(CC(C)(C)C(F)(F)F)cc3cc[n+]2C)c1.Cc1cc(C)c(C)c(-c2c3ccc(CC(C)(C)C(F)(F)F)cc3cc[n+]2C)c1.Cc1cc(C)c(C)c(-c2c3ccc(CC4CCCC4)cc3cc[n+]2C)c1.Cc1ccccc1-c1c2ccc(CC(C)C)cc2nc[n+]1C. The number of rotatable bonds is 18. The summed E-state index contributed by atoms with van der Waals surface area (Å²) in [5, 5.41) is 13.3. The van der Waals surface area contributed by atoms with Gasteiger partial charge in [-0.15, -0.1) is 0 Å². The molecular formula is C137H159F6N7+6. The third-order valence-electron chi connectivity index (χ3n) is 31.3. The van der Waals surface area contributed by atoms with Crippen molar-refractivity contribution in [3.63, 3.8) is 0 Å². The van der Waals surface area contributed by atoms with Gasteiger partial charge in [-0.2, -0.15) is 26.3 Å². The number of nitrogens with zero attached hydrogens (tertiary/aromatic N) is 7. The van der Waals surface area contributed by atoms with Crippen LogP contribution >= 0.6 is 0 Å². The lowest BCUT2D eigenvalue weighted by Crippen LogP contribution is -2.34. The Balaban J connectivity index is 0.000000142. The van der Waals surface area contributed by atoms with Crippen molar-refractivity contribution in [2.24, 2.45) is 65.0 Å². The van der Waals surface area contributed by atoms with Crippen LogP contribution in [-0.4, -0.2) is 17.3 Å². The minimum atomic E-state index is -4.23. The molecule has 1 aliphatic carbocycles. The lowest BCUT2D eigenvalue weighted by atomic mass is 9.84. The maximum absolute atomic E-state index is 13.3. The summed E-state index contributed by atoms with van der Waals surface area (Å²) >= 11 is 0. The van der Waals surface area contributed by atoms with Gasteiger partial charge in [0.25, 0.3) is 6.33 Å². The van der Waals surface area contributed by atoms with Gasteiger partial charge < -0.3 is 0 Å². The van der Waals surface area contributed by atoms with E-state index in [1.165, 1.54) is 267 Å². The molecule has 778 valence electrons. The van der Waals surface area contributed by atoms with Crippen LogP contribution in [0.2, 0.25) is 0 Å². The van der Waals surface area contributed by atoms with Gasteiger partial charge in [0, 0.05) is 35.9 Å². The minimum absolute atomic E-state index is 0.0363. The lowest BCUT2D eigenvalue weighted by molar-refractivity contribution is -0.662. The van der Waals surface area contributed by atoms with E-state index in [0.29, 0.717) is 17.0 Å². The van der Waals surface area contributed by atoms with Gasteiger partial charge in [0.05, 0.1) is 78.0 Å². The van der Waals surface area contributed by atoms with E-state index in [-0.39, 0.29) is 12.8 Å². The number of aromatic nitrogens is 7. The fourth-order valence-electron chi connectivity index (χ4n) is 22.3. The summed E-state index contributed by atoms with van der Waals surface area (Å²) in [6, 6.07) is 80.8. The Bertz CT molecular complexity index is 7740. The molecule has 18 aromatic rings. The predicted molar refractivity (Wildman–Crippen MR) is 616 cm³/mol. The Morgan fingerprint density at radius 3 is 0.867 bits per heavy atom. The Kier molecular flexibility index (Phi) is 35.2. The van der Waals surface area contributed by atoms with E-state index >= 15 is 0 Å². The van der Waals surface area contributed by atoms with E-state index in [4.69, 9.17) is 0 Å². The van der Waals surface area contributed by atoms with Crippen molar-refractivity contribution in [1.29, 1.82) is 0 Å². The first kappa shape index (κ1) is 112. The molecule has 150 heavy (non-hydrogen) atoms. The first-order valence-electron chi connectivity index (χ1n) is 53.9. The van der Waals surface area contributed by atoms with Gasteiger partial charge in [-0.3, -0.25) is 0 Å². The zero-order valence-electron chi connectivity index (χ0n) is 94.9. The van der Waals surface area contributed by atoms with Crippen molar-refractivity contribution in [3.05, 3.63) is 384 Å². The van der Waals surface area contributed by atoms with Crippen LogP contribution in [-0.2, 0) is 80.8 Å². The fourth-order valence-corrected chi connectivity index (χ4v) is 22.3. The maximum atomic E-state index is 13.3. The molecule has 19 rings (SSSR count). The average Bonchev–Trinajstić information content (AvgIpc) is 0.879. The van der Waals surface area contributed by atoms with E-state index in [9.17, 15) is 26.3 Å². The molecule has 0 spiro atoms. The summed E-state index contributed by atoms with van der Waals surface area (Å²) in [4.78, 5) is 4.63. The number of fused-ring (bicyclic) bond motifs is 6. The van der Waals surface area contributed by atoms with Gasteiger partial charge in [-0.1, -0.05) is 243 Å². The maximum Gasteiger partial charge on any atom is 0.394 e. The van der Waals surface area contributed by atoms with E-state index in [2.05, 4.69) is 394 Å². The summed E-state index contributed by atoms with van der Waals surface area (Å²) in [6.45, 7) is 48.7. The van der Waals surface area contributed by atoms with Crippen LogP contribution in [0.4, 0.5) is 26.3 Å². The van der Waals surface area contributed by atoms with Crippen LogP contribution in [0.15, 0.2) is 262 Å². The Hall–Kier alpha value is -13.4. The van der Waals surface area contributed by atoms with E-state index in [1.54, 1.807) is 0 Å². The molecule has 1 saturated carbocycles. The highest BCUT2D eigenvalue weighted by molar-refractivity contribution is 5.99. The molecule has 6 heterocycles. The molecule has 0 unspecified atom stereocenters. The second kappa shape index (κ2) is 47.0. The number of aryl methyl sites for hydroxylation is 19. The van der Waals surface area contributed by atoms with Crippen molar-refractivity contribution in [3.8, 4) is 67.5 Å². The number of hydrogen-bond donors (Lipinski definition) is 0. The Morgan fingerprint density at radius 1 is 0.293 bits per heavy atom. The molecule has 1 aliphatic rings. The van der Waals surface area contributed by atoms with Gasteiger partial charge in [-0.25, -0.2) is 27.4 Å². The first-order valence-corrected chi connectivity index (χ1v) is 53.9. The summed E-state index contributed by atoms with van der Waals surface area (Å²) in [7, 11) is 12.5. The quantitative estimate of drug-likeness (QED) is 0.0623. The highest BCUT2D eigenvalue weighted by Crippen LogP contribution is 2.45. The third-order valence-corrected chi connectivity index (χ3v) is 31.3. The highest BCUT2D eigenvalue weighted by atomic mass is 19.4. The van der Waals surface area contributed by atoms with Gasteiger partial charge >= 0.3 is 12.4 Å². The zero-order chi connectivity index (χ0) is 109. The largest absolute Gasteiger partial charge is 0.394 e. The van der Waals surface area contributed by atoms with Gasteiger partial charge in [0.2, 0.25) is 28.5 Å². The predicted octanol–water partition coefficient (Wildman–Crippen LogP) is 33.4. The number of halogens is 6. The summed E-state index contributed by atoms with van der Waals surface area (Å²) in [5.41, 5.74) is 40.5. The van der Waals surface area contributed by atoms with Crippen LogP contribution in [0, 0.1) is 133 Å². The highest BCUT2D eigenvalue weighted by Gasteiger charge is 2.48. The van der Waals surface area contributed by atoms with Crippen molar-refractivity contribution in [2.45, 2.75) is 256 Å². The Morgan fingerprint density at radius 2 is 0.567 bits per heavy atom. The third kappa shape index (κ3) is 25.6. The molecule has 0 bridgehead atoms. The topological polar surface area (TPSA) is 36.2 Å². The number of hydrogen-bond acceptors (Lipinski definition) is 1. The second-order valence-corrected chi connectivity index (χ2v) is 45.2. The van der Waals surface area contributed by atoms with Gasteiger partial charge in [0.1, 0.15) is 40.9 Å². The van der Waals surface area contributed by atoms with E-state index in [0.717, 1.165) is 74.8 Å². The molecule has 13 heteroatoms. The monoisotopic (exact) mass is 2020 g/mol. The molecule has 0 aliphatic heterocycles. The minimum Gasteiger partial charge on any atom is -0.232 e. The molecule has 0 saturated heterocycles. The van der Waals surface area contributed by atoms with E-state index < -0.39 is 23.2 Å². The first-order chi connectivity index (χ1) is 70.9. The normalized spacial score (nSPS) is 12.4. The van der Waals surface area contributed by atoms with Crippen LogP contribution < -0.4 is 27.4 Å². The van der Waals surface area contributed by atoms with Crippen molar-refractivity contribution in [2.75, 3.05) is 0 Å². The standard InChI is InChI=1S/C25H30N.2C24H27F3N.2C22H26N.C20H23N2/c1-17-13-18(2)19(3)24(14-17)25-23-10-9-21(15-20-7-5-6-8-20)16-22(23)11-12-26(25)4;2*1-15-11-16(2)17(3)21(12-15)22-20-8-7-18(13-19(20)9-10-28(22)6)14-23(4,5)24(25,26)27;2*1-6-7-18-8-9-20-19(14-18)10-11-23(5)22(20)21-13-15(2)12-16(3)17(21)4;1-14(2)11-16-9-10-18-19(12-16)21-13-22(4)20(18)17-8-6-5-7-15(17)3/h9-14,16,20H,5-8,15H2,1-4H3;2*7-13H,14H2,1-6H3;2*8-14H,6-7H2,1-5H3;5-10,12-14H,11H2,1-4H3/q6*+1. The van der Waals surface area contributed by atoms with Crippen LogP contribution in [0.25, 0.3) is 132 Å². The number of benzene rings is 12. The van der Waals surface area contributed by atoms with E-state index in [1.807, 2.05) is 81.3 Å². The molecule has 7 nitrogen and oxygen atoms in total.